The fraction of sp³-hybridized carbons (Fsp3) is 0.900. The minimum absolute atomic E-state index is 0.300. The summed E-state index contributed by atoms with van der Waals surface area (Å²) in [6.45, 7) is 5.16. The van der Waals surface area contributed by atoms with Crippen LogP contribution < -0.4 is 11.4 Å². The van der Waals surface area contributed by atoms with Gasteiger partial charge in [-0.3, -0.25) is 9.69 Å². The van der Waals surface area contributed by atoms with E-state index in [0.717, 1.165) is 13.0 Å². The van der Waals surface area contributed by atoms with Gasteiger partial charge in [0, 0.05) is 18.6 Å². The normalized spacial score (nSPS) is 26.9. The number of hydrazine groups is 1. The molecule has 0 aromatic carbocycles. The maximum absolute atomic E-state index is 11.1. The van der Waals surface area contributed by atoms with Gasteiger partial charge in [0.15, 0.2) is 0 Å². The van der Waals surface area contributed by atoms with Crippen molar-refractivity contribution < 1.29 is 9.63 Å². The lowest BCUT2D eigenvalue weighted by Gasteiger charge is -2.26. The van der Waals surface area contributed by atoms with E-state index in [1.54, 1.807) is 0 Å². The molecule has 2 atom stereocenters. The maximum Gasteiger partial charge on any atom is 0.327 e. The molecule has 0 bridgehead atoms. The molecule has 0 spiro atoms. The molecule has 0 aromatic heterocycles. The minimum atomic E-state index is -0.300. The van der Waals surface area contributed by atoms with Gasteiger partial charge in [-0.15, -0.1) is 0 Å². The Hall–Kier alpha value is -0.650. The van der Waals surface area contributed by atoms with Gasteiger partial charge < -0.3 is 4.84 Å². The van der Waals surface area contributed by atoms with Crippen molar-refractivity contribution in [3.05, 3.63) is 0 Å². The van der Waals surface area contributed by atoms with Crippen LogP contribution in [0.3, 0.4) is 0 Å². The van der Waals surface area contributed by atoms with E-state index >= 15 is 0 Å². The summed E-state index contributed by atoms with van der Waals surface area (Å²) in [5.41, 5.74) is 1.91. The maximum atomic E-state index is 11.1. The summed E-state index contributed by atoms with van der Waals surface area (Å²) >= 11 is 0. The highest BCUT2D eigenvalue weighted by Crippen LogP contribution is 2.25. The van der Waals surface area contributed by atoms with Gasteiger partial charge in [-0.05, 0) is 26.2 Å². The number of nitrogens with one attached hydrogen (secondary N) is 1. The lowest BCUT2D eigenvalue weighted by Crippen LogP contribution is -2.37. The zero-order valence-corrected chi connectivity index (χ0v) is 9.53. The van der Waals surface area contributed by atoms with E-state index in [9.17, 15) is 4.79 Å². The quantitative estimate of drug-likeness (QED) is 0.518. The summed E-state index contributed by atoms with van der Waals surface area (Å²) in [7, 11) is 0. The zero-order valence-electron chi connectivity index (χ0n) is 9.53. The summed E-state index contributed by atoms with van der Waals surface area (Å²) in [4.78, 5) is 18.0. The average Bonchev–Trinajstić information content (AvgIpc) is 2.57. The molecular formula is C10H21N3O2. The van der Waals surface area contributed by atoms with Gasteiger partial charge in [0.1, 0.15) is 0 Å². The second kappa shape index (κ2) is 6.05. The van der Waals surface area contributed by atoms with E-state index in [0.29, 0.717) is 18.5 Å². The van der Waals surface area contributed by atoms with Gasteiger partial charge in [-0.2, -0.15) is 0 Å². The summed E-state index contributed by atoms with van der Waals surface area (Å²) in [6, 6.07) is 1.20. The highest BCUT2D eigenvalue weighted by atomic mass is 16.7. The molecular weight excluding hydrogens is 194 g/mol. The third-order valence-electron chi connectivity index (χ3n) is 3.17. The Morgan fingerprint density at radius 2 is 2.33 bits per heavy atom. The molecule has 1 saturated heterocycles. The number of carbonyl (C=O) groups excluding carboxylic acids is 1. The van der Waals surface area contributed by atoms with Crippen molar-refractivity contribution in [2.45, 2.75) is 51.6 Å². The van der Waals surface area contributed by atoms with E-state index in [2.05, 4.69) is 23.6 Å². The van der Waals surface area contributed by atoms with Crippen LogP contribution in [0.15, 0.2) is 0 Å². The van der Waals surface area contributed by atoms with Gasteiger partial charge in [-0.25, -0.2) is 5.84 Å². The predicted octanol–water partition coefficient (Wildman–Crippen LogP) is 0.561. The van der Waals surface area contributed by atoms with Crippen molar-refractivity contribution in [2.24, 2.45) is 5.84 Å². The van der Waals surface area contributed by atoms with E-state index in [1.165, 1.54) is 12.8 Å². The topological polar surface area (TPSA) is 67.6 Å². The van der Waals surface area contributed by atoms with Crippen LogP contribution in [0.5, 0.6) is 0 Å². The molecule has 5 heteroatoms. The largest absolute Gasteiger partial charge is 0.356 e. The molecule has 15 heavy (non-hydrogen) atoms. The molecule has 0 amide bonds. The highest BCUT2D eigenvalue weighted by molar-refractivity contribution is 5.69. The molecule has 1 rings (SSSR count). The van der Waals surface area contributed by atoms with Crippen LogP contribution in [0, 0.1) is 0 Å². The van der Waals surface area contributed by atoms with Crippen LogP contribution in [-0.4, -0.2) is 29.5 Å². The first-order valence-corrected chi connectivity index (χ1v) is 5.60. The van der Waals surface area contributed by atoms with Gasteiger partial charge in [0.2, 0.25) is 0 Å². The number of hydrogen-bond donors (Lipinski definition) is 2. The Morgan fingerprint density at radius 1 is 1.60 bits per heavy atom. The lowest BCUT2D eigenvalue weighted by molar-refractivity contribution is -0.151. The van der Waals surface area contributed by atoms with Crippen molar-refractivity contribution in [1.82, 2.24) is 10.5 Å². The number of nitrogens with zero attached hydrogens (tertiary/aromatic N) is 1. The van der Waals surface area contributed by atoms with Gasteiger partial charge in [0.25, 0.3) is 0 Å². The molecule has 0 saturated carbocycles. The third kappa shape index (κ3) is 3.44. The monoisotopic (exact) mass is 215 g/mol. The summed E-state index contributed by atoms with van der Waals surface area (Å²) < 4.78 is 0. The molecule has 3 N–H and O–H groups in total. The summed E-state index contributed by atoms with van der Waals surface area (Å²) in [5.74, 6) is 4.59. The molecule has 88 valence electrons. The van der Waals surface area contributed by atoms with E-state index in [4.69, 9.17) is 5.84 Å². The second-order valence-corrected chi connectivity index (χ2v) is 4.07. The fourth-order valence-corrected chi connectivity index (χ4v) is 2.30. The Morgan fingerprint density at radius 3 is 2.93 bits per heavy atom. The molecule has 0 aromatic rings. The molecule has 1 aliphatic rings. The second-order valence-electron chi connectivity index (χ2n) is 4.07. The first-order chi connectivity index (χ1) is 7.19. The van der Waals surface area contributed by atoms with Gasteiger partial charge >= 0.3 is 5.97 Å². The van der Waals surface area contributed by atoms with Crippen LogP contribution >= 0.6 is 0 Å². The zero-order chi connectivity index (χ0) is 11.3. The number of carbonyl (C=O) groups is 1. The van der Waals surface area contributed by atoms with Crippen LogP contribution in [0.2, 0.25) is 0 Å². The summed E-state index contributed by atoms with van der Waals surface area (Å²) in [5, 5.41) is 0. The minimum Gasteiger partial charge on any atom is -0.356 e. The molecule has 2 unspecified atom stereocenters. The predicted molar refractivity (Wildman–Crippen MR) is 57.5 cm³/mol. The molecule has 0 radical (unpaired) electrons. The van der Waals surface area contributed by atoms with Crippen LogP contribution in [0.4, 0.5) is 0 Å². The van der Waals surface area contributed by atoms with Crippen molar-refractivity contribution in [2.75, 3.05) is 6.54 Å². The molecule has 1 heterocycles. The first-order valence-electron chi connectivity index (χ1n) is 5.60. The van der Waals surface area contributed by atoms with Crippen molar-refractivity contribution >= 4 is 5.97 Å². The lowest BCUT2D eigenvalue weighted by atomic mass is 10.1. The smallest absolute Gasteiger partial charge is 0.327 e. The molecule has 1 aliphatic heterocycles. The van der Waals surface area contributed by atoms with Gasteiger partial charge in [0.05, 0.1) is 6.42 Å². The molecule has 5 nitrogen and oxygen atoms in total. The van der Waals surface area contributed by atoms with Crippen LogP contribution in [-0.2, 0) is 9.63 Å². The molecule has 0 aliphatic carbocycles. The Bertz CT molecular complexity index is 211. The average molecular weight is 215 g/mol. The van der Waals surface area contributed by atoms with Crippen LogP contribution in [0.1, 0.15) is 39.5 Å². The van der Waals surface area contributed by atoms with Gasteiger partial charge in [-0.1, -0.05) is 12.5 Å². The van der Waals surface area contributed by atoms with E-state index in [1.807, 2.05) is 5.59 Å². The van der Waals surface area contributed by atoms with Crippen LogP contribution in [0.25, 0.3) is 0 Å². The fourth-order valence-electron chi connectivity index (χ4n) is 2.30. The Balaban J connectivity index is 2.32. The van der Waals surface area contributed by atoms with Crippen molar-refractivity contribution in [3.63, 3.8) is 0 Å². The number of likely N-dealkylation sites (tertiary alicyclic amines) is 1. The van der Waals surface area contributed by atoms with E-state index < -0.39 is 0 Å². The Labute approximate surface area is 90.9 Å². The van der Waals surface area contributed by atoms with E-state index in [-0.39, 0.29) is 5.97 Å². The number of rotatable bonds is 5. The van der Waals surface area contributed by atoms with Crippen molar-refractivity contribution in [1.29, 1.82) is 0 Å². The number of hydrogen-bond acceptors (Lipinski definition) is 5. The number of nitrogens with two attached hydrogens (primary N) is 1. The Kier molecular flexibility index (Phi) is 5.01. The highest BCUT2D eigenvalue weighted by Gasteiger charge is 2.29. The SMILES string of the molecule is CCC1CCC(C)N1CCC(=O)ONN. The standard InChI is InChI=1S/C10H21N3O2/c1-3-9-5-4-8(2)13(9)7-6-10(14)15-12-11/h8-9,12H,3-7,11H2,1-2H3. The van der Waals surface area contributed by atoms with Crippen molar-refractivity contribution in [3.8, 4) is 0 Å². The summed E-state index contributed by atoms with van der Waals surface area (Å²) in [6.07, 6.45) is 4.00. The molecule has 1 fully saturated rings. The third-order valence-corrected chi connectivity index (χ3v) is 3.17. The first kappa shape index (κ1) is 12.4.